The van der Waals surface area contributed by atoms with E-state index in [0.717, 1.165) is 23.7 Å². The summed E-state index contributed by atoms with van der Waals surface area (Å²) in [7, 11) is 0. The smallest absolute Gasteiger partial charge is 0.328 e. The topological polar surface area (TPSA) is 64.3 Å². The minimum absolute atomic E-state index is 0.601. The van der Waals surface area contributed by atoms with Crippen molar-refractivity contribution < 1.29 is 14.6 Å². The lowest BCUT2D eigenvalue weighted by molar-refractivity contribution is -0.131. The molecule has 0 saturated carbocycles. The van der Waals surface area contributed by atoms with Crippen LogP contribution in [0.15, 0.2) is 36.7 Å². The highest BCUT2D eigenvalue weighted by molar-refractivity contribution is 5.86. The molecule has 0 aliphatic heterocycles. The Morgan fingerprint density at radius 3 is 2.95 bits per heavy atom. The summed E-state index contributed by atoms with van der Waals surface area (Å²) >= 11 is 0. The average molecular weight is 272 g/mol. The maximum atomic E-state index is 10.6. The molecule has 0 spiro atoms. The standard InChI is InChI=1S/C15H16N2O3/c1-3-17-10-13(9-16-17)20-14-6-4-11(2)8-12(14)5-7-15(18)19/h4-10H,3H2,1-2H3,(H,18,19)/b7-5+. The van der Waals surface area contributed by atoms with Gasteiger partial charge in [-0.25, -0.2) is 4.79 Å². The number of ether oxygens (including phenoxy) is 1. The van der Waals surface area contributed by atoms with E-state index in [1.54, 1.807) is 17.1 Å². The van der Waals surface area contributed by atoms with Crippen LogP contribution in [0.25, 0.3) is 6.08 Å². The van der Waals surface area contributed by atoms with Gasteiger partial charge in [0.05, 0.1) is 12.4 Å². The predicted molar refractivity (Wildman–Crippen MR) is 75.8 cm³/mol. The number of hydrogen-bond acceptors (Lipinski definition) is 3. The number of aromatic nitrogens is 2. The molecule has 0 saturated heterocycles. The Hall–Kier alpha value is -2.56. The maximum absolute atomic E-state index is 10.6. The second-order valence-corrected chi connectivity index (χ2v) is 4.35. The Morgan fingerprint density at radius 1 is 1.50 bits per heavy atom. The highest BCUT2D eigenvalue weighted by Crippen LogP contribution is 2.27. The van der Waals surface area contributed by atoms with E-state index >= 15 is 0 Å². The quantitative estimate of drug-likeness (QED) is 0.849. The van der Waals surface area contributed by atoms with E-state index in [9.17, 15) is 4.79 Å². The zero-order chi connectivity index (χ0) is 14.5. The van der Waals surface area contributed by atoms with Crippen molar-refractivity contribution in [2.24, 2.45) is 0 Å². The summed E-state index contributed by atoms with van der Waals surface area (Å²) in [5.74, 6) is 0.237. The van der Waals surface area contributed by atoms with E-state index in [4.69, 9.17) is 9.84 Å². The molecule has 1 N–H and O–H groups in total. The van der Waals surface area contributed by atoms with Crippen LogP contribution in [0.5, 0.6) is 11.5 Å². The largest absolute Gasteiger partial charge is 0.478 e. The molecule has 20 heavy (non-hydrogen) atoms. The molecule has 0 atom stereocenters. The number of rotatable bonds is 5. The van der Waals surface area contributed by atoms with Gasteiger partial charge in [0.2, 0.25) is 0 Å². The molecule has 1 heterocycles. The summed E-state index contributed by atoms with van der Waals surface area (Å²) in [6.45, 7) is 4.70. The molecule has 0 bridgehead atoms. The summed E-state index contributed by atoms with van der Waals surface area (Å²) in [6, 6.07) is 5.61. The zero-order valence-electron chi connectivity index (χ0n) is 11.4. The monoisotopic (exact) mass is 272 g/mol. The molecule has 104 valence electrons. The van der Waals surface area contributed by atoms with Crippen LogP contribution >= 0.6 is 0 Å². The van der Waals surface area contributed by atoms with E-state index in [-0.39, 0.29) is 0 Å². The Balaban J connectivity index is 2.28. The van der Waals surface area contributed by atoms with Gasteiger partial charge in [0.1, 0.15) is 5.75 Å². The van der Waals surface area contributed by atoms with Gasteiger partial charge in [-0.15, -0.1) is 0 Å². The van der Waals surface area contributed by atoms with Gasteiger partial charge in [-0.2, -0.15) is 5.10 Å². The normalized spacial score (nSPS) is 10.9. The van der Waals surface area contributed by atoms with Crippen LogP contribution in [0.3, 0.4) is 0 Å². The van der Waals surface area contributed by atoms with Gasteiger partial charge in [-0.05, 0) is 32.1 Å². The first-order valence-corrected chi connectivity index (χ1v) is 6.30. The Kier molecular flexibility index (Phi) is 4.20. The van der Waals surface area contributed by atoms with E-state index in [2.05, 4.69) is 5.10 Å². The molecule has 0 aliphatic rings. The second kappa shape index (κ2) is 6.06. The third-order valence-corrected chi connectivity index (χ3v) is 2.73. The fourth-order valence-electron chi connectivity index (χ4n) is 1.75. The molecule has 0 fully saturated rings. The zero-order valence-corrected chi connectivity index (χ0v) is 11.4. The number of benzene rings is 1. The number of nitrogens with zero attached hydrogens (tertiary/aromatic N) is 2. The van der Waals surface area contributed by atoms with E-state index in [1.807, 2.05) is 32.0 Å². The van der Waals surface area contributed by atoms with Crippen molar-refractivity contribution in [3.63, 3.8) is 0 Å². The molecular formula is C15H16N2O3. The fraction of sp³-hybridized carbons (Fsp3) is 0.200. The van der Waals surface area contributed by atoms with Crippen molar-refractivity contribution in [3.05, 3.63) is 47.8 Å². The van der Waals surface area contributed by atoms with Crippen molar-refractivity contribution >= 4 is 12.0 Å². The molecule has 0 amide bonds. The predicted octanol–water partition coefficient (Wildman–Crippen LogP) is 3.10. The first kappa shape index (κ1) is 13.9. The van der Waals surface area contributed by atoms with Gasteiger partial charge in [0.25, 0.3) is 0 Å². The van der Waals surface area contributed by atoms with Gasteiger partial charge in [-0.3, -0.25) is 4.68 Å². The molecule has 5 nitrogen and oxygen atoms in total. The molecule has 0 unspecified atom stereocenters. The van der Waals surface area contributed by atoms with Gasteiger partial charge < -0.3 is 9.84 Å². The molecule has 2 aromatic rings. The van der Waals surface area contributed by atoms with Gasteiger partial charge >= 0.3 is 5.97 Å². The lowest BCUT2D eigenvalue weighted by Gasteiger charge is -2.07. The Labute approximate surface area is 117 Å². The average Bonchev–Trinajstić information content (AvgIpc) is 2.86. The van der Waals surface area contributed by atoms with E-state index in [1.165, 1.54) is 6.08 Å². The third kappa shape index (κ3) is 3.47. The van der Waals surface area contributed by atoms with Crippen LogP contribution in [0.2, 0.25) is 0 Å². The van der Waals surface area contributed by atoms with Crippen LogP contribution in [0.4, 0.5) is 0 Å². The molecular weight excluding hydrogens is 256 g/mol. The molecule has 0 aliphatic carbocycles. The SMILES string of the molecule is CCn1cc(Oc2ccc(C)cc2/C=C/C(=O)O)cn1. The molecule has 2 rings (SSSR count). The van der Waals surface area contributed by atoms with Crippen LogP contribution < -0.4 is 4.74 Å². The minimum atomic E-state index is -0.990. The van der Waals surface area contributed by atoms with Gasteiger partial charge in [0.15, 0.2) is 5.75 Å². The number of aryl methyl sites for hydroxylation is 2. The first-order valence-electron chi connectivity index (χ1n) is 6.30. The lowest BCUT2D eigenvalue weighted by atomic mass is 10.1. The number of carboxylic acids is 1. The van der Waals surface area contributed by atoms with Crippen molar-refractivity contribution in [2.75, 3.05) is 0 Å². The summed E-state index contributed by atoms with van der Waals surface area (Å²) in [6.07, 6.45) is 6.05. The van der Waals surface area contributed by atoms with Crippen molar-refractivity contribution in [3.8, 4) is 11.5 Å². The Morgan fingerprint density at radius 2 is 2.30 bits per heavy atom. The molecule has 1 aromatic heterocycles. The van der Waals surface area contributed by atoms with Gasteiger partial charge in [0, 0.05) is 18.2 Å². The summed E-state index contributed by atoms with van der Waals surface area (Å²) < 4.78 is 7.51. The number of hydrogen-bond donors (Lipinski definition) is 1. The van der Waals surface area contributed by atoms with Crippen LogP contribution in [-0.2, 0) is 11.3 Å². The number of carbonyl (C=O) groups is 1. The number of aliphatic carboxylic acids is 1. The number of carboxylic acid groups (broad SMARTS) is 1. The lowest BCUT2D eigenvalue weighted by Crippen LogP contribution is -1.92. The fourth-order valence-corrected chi connectivity index (χ4v) is 1.75. The summed E-state index contributed by atoms with van der Waals surface area (Å²) in [5.41, 5.74) is 1.75. The van der Waals surface area contributed by atoms with Gasteiger partial charge in [-0.1, -0.05) is 11.6 Å². The molecule has 0 radical (unpaired) electrons. The first-order chi connectivity index (χ1) is 9.58. The van der Waals surface area contributed by atoms with Crippen molar-refractivity contribution in [2.45, 2.75) is 20.4 Å². The maximum Gasteiger partial charge on any atom is 0.328 e. The molecule has 1 aromatic carbocycles. The van der Waals surface area contributed by atoms with E-state index in [0.29, 0.717) is 11.5 Å². The van der Waals surface area contributed by atoms with E-state index < -0.39 is 5.97 Å². The minimum Gasteiger partial charge on any atom is -0.478 e. The van der Waals surface area contributed by atoms with Crippen LogP contribution in [0.1, 0.15) is 18.1 Å². The Bertz CT molecular complexity index is 644. The van der Waals surface area contributed by atoms with Crippen LogP contribution in [-0.4, -0.2) is 20.9 Å². The van der Waals surface area contributed by atoms with Crippen molar-refractivity contribution in [1.82, 2.24) is 9.78 Å². The summed E-state index contributed by atoms with van der Waals surface area (Å²) in [5, 5.41) is 12.9. The van der Waals surface area contributed by atoms with Crippen molar-refractivity contribution in [1.29, 1.82) is 0 Å². The highest BCUT2D eigenvalue weighted by Gasteiger charge is 2.05. The second-order valence-electron chi connectivity index (χ2n) is 4.35. The summed E-state index contributed by atoms with van der Waals surface area (Å²) in [4.78, 5) is 10.6. The van der Waals surface area contributed by atoms with Crippen LogP contribution in [0, 0.1) is 6.92 Å². The third-order valence-electron chi connectivity index (χ3n) is 2.73. The molecule has 5 heteroatoms. The highest BCUT2D eigenvalue weighted by atomic mass is 16.5.